The summed E-state index contributed by atoms with van der Waals surface area (Å²) in [6.45, 7) is 3.58. The molecular formula is C16H23N3O4. The van der Waals surface area contributed by atoms with Crippen molar-refractivity contribution in [1.82, 2.24) is 10.6 Å². The smallest absolute Gasteiger partial charge is 0.325 e. The van der Waals surface area contributed by atoms with E-state index in [0.717, 1.165) is 5.56 Å². The Balaban J connectivity index is 2.43. The quantitative estimate of drug-likeness (QED) is 0.618. The van der Waals surface area contributed by atoms with Crippen molar-refractivity contribution in [2.75, 3.05) is 6.54 Å². The van der Waals surface area contributed by atoms with Crippen LogP contribution in [-0.4, -0.2) is 30.5 Å². The summed E-state index contributed by atoms with van der Waals surface area (Å²) in [6, 6.07) is 7.67. The maximum atomic E-state index is 12.1. The molecular weight excluding hydrogens is 298 g/mol. The number of primary amides is 1. The van der Waals surface area contributed by atoms with Gasteiger partial charge in [0.1, 0.15) is 19.2 Å². The third-order valence-corrected chi connectivity index (χ3v) is 3.44. The molecule has 2 atom stereocenters. The van der Waals surface area contributed by atoms with Gasteiger partial charge in [0.15, 0.2) is 0 Å². The molecule has 0 radical (unpaired) electrons. The lowest BCUT2D eigenvalue weighted by Gasteiger charge is -2.22. The van der Waals surface area contributed by atoms with Gasteiger partial charge in [-0.25, -0.2) is 4.79 Å². The zero-order chi connectivity index (χ0) is 17.2. The summed E-state index contributed by atoms with van der Waals surface area (Å²) in [7, 11) is 0. The van der Waals surface area contributed by atoms with E-state index < -0.39 is 23.9 Å². The second-order valence-corrected chi connectivity index (χ2v) is 5.24. The first-order chi connectivity index (χ1) is 10.9. The maximum absolute atomic E-state index is 12.1. The van der Waals surface area contributed by atoms with Crippen LogP contribution in [0.5, 0.6) is 0 Å². The van der Waals surface area contributed by atoms with E-state index in [9.17, 15) is 14.4 Å². The summed E-state index contributed by atoms with van der Waals surface area (Å²) in [4.78, 5) is 34.7. The first-order valence-corrected chi connectivity index (χ1v) is 7.47. The van der Waals surface area contributed by atoms with Gasteiger partial charge in [0.2, 0.25) is 5.91 Å². The Morgan fingerprint density at radius 1 is 1.22 bits per heavy atom. The monoisotopic (exact) mass is 321 g/mol. The molecule has 0 spiro atoms. The molecule has 0 bridgehead atoms. The second-order valence-electron chi connectivity index (χ2n) is 5.24. The van der Waals surface area contributed by atoms with Crippen molar-refractivity contribution in [2.24, 2.45) is 11.7 Å². The molecule has 0 aromatic heterocycles. The zero-order valence-electron chi connectivity index (χ0n) is 13.4. The zero-order valence-corrected chi connectivity index (χ0v) is 13.4. The number of nitrogens with one attached hydrogen (secondary N) is 2. The highest BCUT2D eigenvalue weighted by atomic mass is 16.5. The third-order valence-electron chi connectivity index (χ3n) is 3.44. The van der Waals surface area contributed by atoms with Crippen LogP contribution in [0.4, 0.5) is 4.79 Å². The van der Waals surface area contributed by atoms with Gasteiger partial charge in [-0.2, -0.15) is 0 Å². The number of esters is 1. The Morgan fingerprint density at radius 2 is 1.87 bits per heavy atom. The van der Waals surface area contributed by atoms with E-state index in [1.807, 2.05) is 44.2 Å². The minimum atomic E-state index is -0.780. The molecule has 0 aliphatic heterocycles. The number of hydrogen-bond donors (Lipinski definition) is 3. The van der Waals surface area contributed by atoms with Crippen molar-refractivity contribution < 1.29 is 19.1 Å². The topological polar surface area (TPSA) is 111 Å². The lowest BCUT2D eigenvalue weighted by molar-refractivity contribution is -0.145. The Kier molecular flexibility index (Phi) is 7.59. The molecule has 4 N–H and O–H groups in total. The van der Waals surface area contributed by atoms with Crippen LogP contribution in [0.25, 0.3) is 0 Å². The fourth-order valence-electron chi connectivity index (χ4n) is 1.91. The van der Waals surface area contributed by atoms with Crippen LogP contribution in [0.3, 0.4) is 0 Å². The average molecular weight is 321 g/mol. The van der Waals surface area contributed by atoms with E-state index in [1.54, 1.807) is 0 Å². The molecule has 7 heteroatoms. The van der Waals surface area contributed by atoms with E-state index in [1.165, 1.54) is 0 Å². The van der Waals surface area contributed by atoms with E-state index in [-0.39, 0.29) is 19.1 Å². The Morgan fingerprint density at radius 3 is 2.43 bits per heavy atom. The molecule has 7 nitrogen and oxygen atoms in total. The predicted molar refractivity (Wildman–Crippen MR) is 85.2 cm³/mol. The molecule has 3 amide bonds. The summed E-state index contributed by atoms with van der Waals surface area (Å²) in [5.74, 6) is -1.12. The molecule has 0 heterocycles. The molecule has 0 aliphatic rings. The molecule has 0 saturated carbocycles. The van der Waals surface area contributed by atoms with Gasteiger partial charge in [-0.05, 0) is 11.5 Å². The normalized spacial score (nSPS) is 12.8. The van der Waals surface area contributed by atoms with Crippen LogP contribution in [0, 0.1) is 5.92 Å². The number of carbonyl (C=O) groups excluding carboxylic acids is 3. The van der Waals surface area contributed by atoms with Crippen LogP contribution >= 0.6 is 0 Å². The SMILES string of the molecule is CC[C@H](C)[C@@H](NC(N)=O)C(=O)NCC(=O)OCc1ccccc1. The van der Waals surface area contributed by atoms with E-state index >= 15 is 0 Å². The number of benzene rings is 1. The molecule has 1 rings (SSSR count). The molecule has 23 heavy (non-hydrogen) atoms. The second kappa shape index (κ2) is 9.45. The molecule has 1 aromatic carbocycles. The average Bonchev–Trinajstić information content (AvgIpc) is 2.55. The van der Waals surface area contributed by atoms with Gasteiger partial charge in [0.05, 0.1) is 0 Å². The van der Waals surface area contributed by atoms with Crippen molar-refractivity contribution in [3.8, 4) is 0 Å². The fraction of sp³-hybridized carbons (Fsp3) is 0.438. The van der Waals surface area contributed by atoms with E-state index in [0.29, 0.717) is 6.42 Å². The number of amides is 3. The molecule has 1 aromatic rings. The first-order valence-electron chi connectivity index (χ1n) is 7.47. The van der Waals surface area contributed by atoms with Crippen LogP contribution in [0.15, 0.2) is 30.3 Å². The van der Waals surface area contributed by atoms with Crippen LogP contribution < -0.4 is 16.4 Å². The standard InChI is InChI=1S/C16H23N3O4/c1-3-11(2)14(19-16(17)22)15(21)18-9-13(20)23-10-12-7-5-4-6-8-12/h4-8,11,14H,3,9-10H2,1-2H3,(H,18,21)(H3,17,19,22)/t11-,14+/m0/s1. The summed E-state index contributed by atoms with van der Waals surface area (Å²) in [5.41, 5.74) is 5.93. The van der Waals surface area contributed by atoms with Crippen LogP contribution in [-0.2, 0) is 20.9 Å². The minimum absolute atomic E-state index is 0.108. The van der Waals surface area contributed by atoms with E-state index in [2.05, 4.69) is 10.6 Å². The Hall–Kier alpha value is -2.57. The molecule has 126 valence electrons. The van der Waals surface area contributed by atoms with Crippen molar-refractivity contribution in [3.05, 3.63) is 35.9 Å². The molecule has 0 fully saturated rings. The summed E-state index contributed by atoms with van der Waals surface area (Å²) in [6.07, 6.45) is 0.677. The Labute approximate surface area is 135 Å². The van der Waals surface area contributed by atoms with Crippen molar-refractivity contribution in [3.63, 3.8) is 0 Å². The summed E-state index contributed by atoms with van der Waals surface area (Å²) < 4.78 is 5.06. The van der Waals surface area contributed by atoms with Crippen molar-refractivity contribution in [1.29, 1.82) is 0 Å². The van der Waals surface area contributed by atoms with Gasteiger partial charge in [0.25, 0.3) is 0 Å². The fourth-order valence-corrected chi connectivity index (χ4v) is 1.91. The van der Waals surface area contributed by atoms with Gasteiger partial charge < -0.3 is 21.1 Å². The van der Waals surface area contributed by atoms with Gasteiger partial charge >= 0.3 is 12.0 Å². The molecule has 0 unspecified atom stereocenters. The van der Waals surface area contributed by atoms with E-state index in [4.69, 9.17) is 10.5 Å². The number of carbonyl (C=O) groups is 3. The highest BCUT2D eigenvalue weighted by molar-refractivity contribution is 5.89. The van der Waals surface area contributed by atoms with Crippen LogP contribution in [0.2, 0.25) is 0 Å². The highest BCUT2D eigenvalue weighted by Crippen LogP contribution is 2.07. The third kappa shape index (κ3) is 6.82. The number of nitrogens with two attached hydrogens (primary N) is 1. The number of urea groups is 1. The first kappa shape index (κ1) is 18.5. The lowest BCUT2D eigenvalue weighted by Crippen LogP contribution is -2.52. The summed E-state index contributed by atoms with van der Waals surface area (Å²) >= 11 is 0. The van der Waals surface area contributed by atoms with Gasteiger partial charge in [-0.15, -0.1) is 0 Å². The predicted octanol–water partition coefficient (Wildman–Crippen LogP) is 0.929. The Bertz CT molecular complexity index is 533. The lowest BCUT2D eigenvalue weighted by atomic mass is 9.98. The number of rotatable bonds is 8. The van der Waals surface area contributed by atoms with Gasteiger partial charge in [-0.3, -0.25) is 9.59 Å². The van der Waals surface area contributed by atoms with Crippen LogP contribution in [0.1, 0.15) is 25.8 Å². The largest absolute Gasteiger partial charge is 0.460 e. The van der Waals surface area contributed by atoms with Crippen molar-refractivity contribution >= 4 is 17.9 Å². The van der Waals surface area contributed by atoms with Crippen molar-refractivity contribution in [2.45, 2.75) is 32.9 Å². The molecule has 0 saturated heterocycles. The molecule has 0 aliphatic carbocycles. The number of hydrogen-bond acceptors (Lipinski definition) is 4. The van der Waals surface area contributed by atoms with Gasteiger partial charge in [-0.1, -0.05) is 50.6 Å². The van der Waals surface area contributed by atoms with Gasteiger partial charge in [0, 0.05) is 0 Å². The minimum Gasteiger partial charge on any atom is -0.460 e. The highest BCUT2D eigenvalue weighted by Gasteiger charge is 2.25. The number of ether oxygens (including phenoxy) is 1. The maximum Gasteiger partial charge on any atom is 0.325 e. The summed E-state index contributed by atoms with van der Waals surface area (Å²) in [5, 5.41) is 4.84.